The van der Waals surface area contributed by atoms with Crippen LogP contribution in [0, 0.1) is 0 Å². The van der Waals surface area contributed by atoms with Gasteiger partial charge in [0.25, 0.3) is 15.9 Å². The van der Waals surface area contributed by atoms with Crippen LogP contribution >= 0.6 is 0 Å². The lowest BCUT2D eigenvalue weighted by Crippen LogP contribution is -2.20. The molecule has 0 unspecified atom stereocenters. The van der Waals surface area contributed by atoms with Crippen LogP contribution in [-0.4, -0.2) is 33.0 Å². The van der Waals surface area contributed by atoms with Crippen LogP contribution in [0.2, 0.25) is 0 Å². The van der Waals surface area contributed by atoms with Gasteiger partial charge in [0.2, 0.25) is 0 Å². The van der Waals surface area contributed by atoms with E-state index in [2.05, 4.69) is 15.0 Å². The molecule has 8 nitrogen and oxygen atoms in total. The van der Waals surface area contributed by atoms with Crippen LogP contribution in [0.15, 0.2) is 78.0 Å². The lowest BCUT2D eigenvalue weighted by molar-refractivity contribution is -0.118. The Kier molecular flexibility index (Phi) is 6.30. The number of benzene rings is 2. The standard InChI is InChI=1S/C20H19N3O5S/c1-27-17-6-8-18(9-7-17)28-14-20(24)22-15-4-10-19(11-5-15)29(25,26)23-16-3-2-12-21-13-16/h2-13,23H,14H2,1H3,(H,22,24). The number of sulfonamides is 1. The first-order valence-electron chi connectivity index (χ1n) is 8.56. The minimum absolute atomic E-state index is 0.0637. The zero-order chi connectivity index (χ0) is 20.7. The third kappa shape index (κ3) is 5.69. The molecule has 9 heteroatoms. The molecule has 0 fully saturated rings. The van der Waals surface area contributed by atoms with Crippen LogP contribution in [0.4, 0.5) is 11.4 Å². The Hall–Kier alpha value is -3.59. The van der Waals surface area contributed by atoms with Crippen molar-refractivity contribution in [1.82, 2.24) is 4.98 Å². The summed E-state index contributed by atoms with van der Waals surface area (Å²) >= 11 is 0. The van der Waals surface area contributed by atoms with Crippen LogP contribution in [0.3, 0.4) is 0 Å². The second-order valence-electron chi connectivity index (χ2n) is 5.88. The molecule has 2 aromatic carbocycles. The van der Waals surface area contributed by atoms with E-state index < -0.39 is 10.0 Å². The molecule has 2 N–H and O–H groups in total. The van der Waals surface area contributed by atoms with Crippen LogP contribution in [0.25, 0.3) is 0 Å². The van der Waals surface area contributed by atoms with Crippen molar-refractivity contribution < 1.29 is 22.7 Å². The molecule has 0 aliphatic rings. The van der Waals surface area contributed by atoms with E-state index in [-0.39, 0.29) is 17.4 Å². The summed E-state index contributed by atoms with van der Waals surface area (Å²) in [5.74, 6) is 0.851. The molecule has 0 radical (unpaired) electrons. The molecule has 1 aromatic heterocycles. The number of methoxy groups -OCH3 is 1. The number of pyridine rings is 1. The van der Waals surface area contributed by atoms with E-state index in [9.17, 15) is 13.2 Å². The van der Waals surface area contributed by atoms with Gasteiger partial charge in [-0.05, 0) is 60.7 Å². The number of hydrogen-bond donors (Lipinski definition) is 2. The highest BCUT2D eigenvalue weighted by atomic mass is 32.2. The summed E-state index contributed by atoms with van der Waals surface area (Å²) in [5, 5.41) is 2.65. The second kappa shape index (κ2) is 9.07. The van der Waals surface area contributed by atoms with Gasteiger partial charge in [-0.3, -0.25) is 14.5 Å². The van der Waals surface area contributed by atoms with E-state index in [0.29, 0.717) is 22.9 Å². The predicted octanol–water partition coefficient (Wildman–Crippen LogP) is 2.91. The van der Waals surface area contributed by atoms with Crippen molar-refractivity contribution >= 4 is 27.3 Å². The Morgan fingerprint density at radius 2 is 1.66 bits per heavy atom. The fourth-order valence-corrected chi connectivity index (χ4v) is 3.42. The molecule has 0 saturated carbocycles. The van der Waals surface area contributed by atoms with Crippen molar-refractivity contribution in [3.8, 4) is 11.5 Å². The van der Waals surface area contributed by atoms with Gasteiger partial charge in [-0.25, -0.2) is 8.42 Å². The van der Waals surface area contributed by atoms with Gasteiger partial charge in [-0.2, -0.15) is 0 Å². The van der Waals surface area contributed by atoms with Gasteiger partial charge in [0, 0.05) is 11.9 Å². The molecule has 0 atom stereocenters. The van der Waals surface area contributed by atoms with Crippen LogP contribution < -0.4 is 19.5 Å². The molecule has 3 rings (SSSR count). The molecule has 0 bridgehead atoms. The zero-order valence-electron chi connectivity index (χ0n) is 15.5. The summed E-state index contributed by atoms with van der Waals surface area (Å²) in [6.07, 6.45) is 2.96. The lowest BCUT2D eigenvalue weighted by atomic mass is 10.3. The topological polar surface area (TPSA) is 107 Å². The highest BCUT2D eigenvalue weighted by Crippen LogP contribution is 2.19. The quantitative estimate of drug-likeness (QED) is 0.588. The summed E-state index contributed by atoms with van der Waals surface area (Å²) in [6.45, 7) is -0.186. The van der Waals surface area contributed by atoms with E-state index in [4.69, 9.17) is 9.47 Å². The van der Waals surface area contributed by atoms with E-state index in [1.54, 1.807) is 49.7 Å². The van der Waals surface area contributed by atoms with Crippen molar-refractivity contribution in [2.45, 2.75) is 4.90 Å². The van der Waals surface area contributed by atoms with E-state index in [0.717, 1.165) is 0 Å². The number of nitrogens with zero attached hydrogens (tertiary/aromatic N) is 1. The summed E-state index contributed by atoms with van der Waals surface area (Å²) < 4.78 is 37.7. The third-order valence-electron chi connectivity index (χ3n) is 3.79. The maximum atomic E-state index is 12.4. The molecule has 0 aliphatic carbocycles. The highest BCUT2D eigenvalue weighted by Gasteiger charge is 2.14. The number of hydrogen-bond acceptors (Lipinski definition) is 6. The third-order valence-corrected chi connectivity index (χ3v) is 5.19. The maximum Gasteiger partial charge on any atom is 0.262 e. The summed E-state index contributed by atoms with van der Waals surface area (Å²) in [7, 11) is -2.18. The predicted molar refractivity (Wildman–Crippen MR) is 109 cm³/mol. The first-order valence-corrected chi connectivity index (χ1v) is 10.0. The van der Waals surface area contributed by atoms with Gasteiger partial charge in [0.05, 0.1) is 23.9 Å². The van der Waals surface area contributed by atoms with Crippen molar-refractivity contribution in [2.75, 3.05) is 23.8 Å². The molecule has 0 aliphatic heterocycles. The van der Waals surface area contributed by atoms with Crippen molar-refractivity contribution in [2.24, 2.45) is 0 Å². The molecule has 150 valence electrons. The average Bonchev–Trinajstić information content (AvgIpc) is 2.73. The second-order valence-corrected chi connectivity index (χ2v) is 7.57. The molecule has 0 spiro atoms. The Bertz CT molecular complexity index is 1050. The normalized spacial score (nSPS) is 10.8. The Balaban J connectivity index is 1.56. The van der Waals surface area contributed by atoms with E-state index >= 15 is 0 Å². The molecule has 3 aromatic rings. The fourth-order valence-electron chi connectivity index (χ4n) is 2.37. The smallest absolute Gasteiger partial charge is 0.262 e. The Morgan fingerprint density at radius 1 is 0.966 bits per heavy atom. The van der Waals surface area contributed by atoms with Crippen LogP contribution in [0.1, 0.15) is 0 Å². The fraction of sp³-hybridized carbons (Fsp3) is 0.100. The van der Waals surface area contributed by atoms with E-state index in [1.165, 1.54) is 30.5 Å². The van der Waals surface area contributed by atoms with Gasteiger partial charge >= 0.3 is 0 Å². The Labute approximate surface area is 168 Å². The summed E-state index contributed by atoms with van der Waals surface area (Å²) in [5.41, 5.74) is 0.814. The van der Waals surface area contributed by atoms with Crippen LogP contribution in [0.5, 0.6) is 11.5 Å². The number of nitrogens with one attached hydrogen (secondary N) is 2. The van der Waals surface area contributed by atoms with Gasteiger partial charge < -0.3 is 14.8 Å². The largest absolute Gasteiger partial charge is 0.497 e. The number of aromatic nitrogens is 1. The molecule has 1 heterocycles. The number of rotatable bonds is 8. The number of amides is 1. The maximum absolute atomic E-state index is 12.4. The first-order chi connectivity index (χ1) is 14.0. The van der Waals surface area contributed by atoms with Crippen molar-refractivity contribution in [3.63, 3.8) is 0 Å². The Morgan fingerprint density at radius 3 is 2.28 bits per heavy atom. The monoisotopic (exact) mass is 413 g/mol. The SMILES string of the molecule is COc1ccc(OCC(=O)Nc2ccc(S(=O)(=O)Nc3cccnc3)cc2)cc1. The van der Waals surface area contributed by atoms with Gasteiger partial charge in [-0.15, -0.1) is 0 Å². The van der Waals surface area contributed by atoms with Crippen LogP contribution in [-0.2, 0) is 14.8 Å². The van der Waals surface area contributed by atoms with Gasteiger partial charge in [-0.1, -0.05) is 0 Å². The zero-order valence-corrected chi connectivity index (χ0v) is 16.3. The number of ether oxygens (including phenoxy) is 2. The lowest BCUT2D eigenvalue weighted by Gasteiger charge is -2.10. The molecule has 0 saturated heterocycles. The highest BCUT2D eigenvalue weighted by molar-refractivity contribution is 7.92. The molecule has 1 amide bonds. The van der Waals surface area contributed by atoms with Crippen molar-refractivity contribution in [3.05, 3.63) is 73.1 Å². The number of carbonyl (C=O) groups excluding carboxylic acids is 1. The van der Waals surface area contributed by atoms with Gasteiger partial charge in [0.1, 0.15) is 11.5 Å². The number of anilines is 2. The van der Waals surface area contributed by atoms with Gasteiger partial charge in [0.15, 0.2) is 6.61 Å². The summed E-state index contributed by atoms with van der Waals surface area (Å²) in [6, 6.07) is 15.9. The number of carbonyl (C=O) groups is 1. The van der Waals surface area contributed by atoms with E-state index in [1.807, 2.05) is 0 Å². The minimum atomic E-state index is -3.75. The first kappa shape index (κ1) is 20.2. The molecule has 29 heavy (non-hydrogen) atoms. The minimum Gasteiger partial charge on any atom is -0.497 e. The van der Waals surface area contributed by atoms with Crippen molar-refractivity contribution in [1.29, 1.82) is 0 Å². The average molecular weight is 413 g/mol. The summed E-state index contributed by atoms with van der Waals surface area (Å²) in [4.78, 5) is 16.0. The molecular formula is C20H19N3O5S. The molecular weight excluding hydrogens is 394 g/mol.